The van der Waals surface area contributed by atoms with E-state index in [0.717, 1.165) is 28.2 Å². The van der Waals surface area contributed by atoms with Crippen molar-refractivity contribution in [1.82, 2.24) is 0 Å². The van der Waals surface area contributed by atoms with Gasteiger partial charge in [0.15, 0.2) is 11.5 Å². The fraction of sp³-hybridized carbons (Fsp3) is 0.286. The summed E-state index contributed by atoms with van der Waals surface area (Å²) in [5, 5.41) is 2.08. The maximum Gasteiger partial charge on any atom is 0.163 e. The van der Waals surface area contributed by atoms with E-state index in [1.807, 2.05) is 19.2 Å². The number of rotatable bonds is 3. The van der Waals surface area contributed by atoms with Gasteiger partial charge in [-0.05, 0) is 22.0 Å². The molecule has 2 heterocycles. The minimum atomic E-state index is 0.574. The summed E-state index contributed by atoms with van der Waals surface area (Å²) in [6, 6.07) is 5.91. The van der Waals surface area contributed by atoms with Gasteiger partial charge < -0.3 is 20.1 Å². The van der Waals surface area contributed by atoms with Crippen LogP contribution in [0.4, 0.5) is 11.4 Å². The van der Waals surface area contributed by atoms with Gasteiger partial charge in [-0.25, -0.2) is 0 Å². The number of hydrogen-bond acceptors (Lipinski definition) is 5. The fourth-order valence-electron chi connectivity index (χ4n) is 2.18. The number of benzene rings is 1. The zero-order valence-electron chi connectivity index (χ0n) is 11.1. The zero-order valence-corrected chi connectivity index (χ0v) is 13.5. The van der Waals surface area contributed by atoms with Crippen LogP contribution >= 0.6 is 27.3 Å². The van der Waals surface area contributed by atoms with Gasteiger partial charge in [0.25, 0.3) is 0 Å². The number of hydrogen-bond donors (Lipinski definition) is 1. The lowest BCUT2D eigenvalue weighted by molar-refractivity contribution is 0.172. The number of nitrogens with two attached hydrogens (primary N) is 1. The van der Waals surface area contributed by atoms with Crippen LogP contribution in [0.5, 0.6) is 11.5 Å². The average Bonchev–Trinajstić information content (AvgIpc) is 2.83. The van der Waals surface area contributed by atoms with Crippen LogP contribution in [0.15, 0.2) is 28.1 Å². The summed E-state index contributed by atoms with van der Waals surface area (Å²) < 4.78 is 12.3. The van der Waals surface area contributed by atoms with Crippen LogP contribution in [0.25, 0.3) is 0 Å². The maximum atomic E-state index is 6.12. The number of fused-ring (bicyclic) bond motifs is 1. The van der Waals surface area contributed by atoms with Crippen molar-refractivity contribution in [2.45, 2.75) is 6.54 Å². The molecule has 2 N–H and O–H groups in total. The van der Waals surface area contributed by atoms with Crippen LogP contribution in [0.1, 0.15) is 4.88 Å². The van der Waals surface area contributed by atoms with Gasteiger partial charge in [0, 0.05) is 33.9 Å². The number of ether oxygens (including phenoxy) is 2. The Morgan fingerprint density at radius 3 is 2.60 bits per heavy atom. The van der Waals surface area contributed by atoms with E-state index in [-0.39, 0.29) is 0 Å². The molecular weight excluding hydrogens is 340 g/mol. The molecular formula is C14H15BrN2O2S. The van der Waals surface area contributed by atoms with Gasteiger partial charge in [-0.2, -0.15) is 0 Å². The summed E-state index contributed by atoms with van der Waals surface area (Å²) in [5.41, 5.74) is 7.78. The number of anilines is 2. The van der Waals surface area contributed by atoms with Gasteiger partial charge in [-0.1, -0.05) is 0 Å². The summed E-state index contributed by atoms with van der Waals surface area (Å²) in [7, 11) is 2.02. The van der Waals surface area contributed by atoms with Crippen LogP contribution in [0, 0.1) is 0 Å². The van der Waals surface area contributed by atoms with Crippen molar-refractivity contribution in [1.29, 1.82) is 0 Å². The Morgan fingerprint density at radius 1 is 1.25 bits per heavy atom. The second-order valence-corrected chi connectivity index (χ2v) is 6.55. The van der Waals surface area contributed by atoms with E-state index in [0.29, 0.717) is 18.9 Å². The highest BCUT2D eigenvalue weighted by Gasteiger charge is 2.17. The molecule has 1 aromatic carbocycles. The minimum Gasteiger partial charge on any atom is -0.486 e. The normalized spacial score (nSPS) is 13.3. The number of halogens is 1. The first-order valence-electron chi connectivity index (χ1n) is 6.26. The molecule has 0 bridgehead atoms. The molecule has 1 aliphatic heterocycles. The van der Waals surface area contributed by atoms with E-state index in [9.17, 15) is 0 Å². The van der Waals surface area contributed by atoms with Gasteiger partial charge in [0.2, 0.25) is 0 Å². The van der Waals surface area contributed by atoms with Gasteiger partial charge in [0.05, 0.1) is 17.9 Å². The topological polar surface area (TPSA) is 47.7 Å². The van der Waals surface area contributed by atoms with Crippen molar-refractivity contribution < 1.29 is 9.47 Å². The number of nitrogen functional groups attached to an aromatic ring is 1. The van der Waals surface area contributed by atoms with Crippen LogP contribution in [0.3, 0.4) is 0 Å². The van der Waals surface area contributed by atoms with Crippen LogP contribution in [-0.4, -0.2) is 20.3 Å². The molecule has 1 aliphatic rings. The minimum absolute atomic E-state index is 0.574. The van der Waals surface area contributed by atoms with E-state index >= 15 is 0 Å². The van der Waals surface area contributed by atoms with Crippen LogP contribution < -0.4 is 20.1 Å². The fourth-order valence-corrected chi connectivity index (χ4v) is 3.68. The van der Waals surface area contributed by atoms with Gasteiger partial charge in [0.1, 0.15) is 13.2 Å². The highest BCUT2D eigenvalue weighted by Crippen LogP contribution is 2.38. The van der Waals surface area contributed by atoms with Crippen molar-refractivity contribution in [2.75, 3.05) is 30.9 Å². The molecule has 106 valence electrons. The lowest BCUT2D eigenvalue weighted by Gasteiger charge is -2.24. The predicted octanol–water partition coefficient (Wildman–Crippen LogP) is 3.50. The molecule has 0 saturated heterocycles. The van der Waals surface area contributed by atoms with Crippen LogP contribution in [-0.2, 0) is 6.54 Å². The molecule has 2 aromatic rings. The van der Waals surface area contributed by atoms with Crippen molar-refractivity contribution >= 4 is 38.6 Å². The molecule has 0 amide bonds. The summed E-state index contributed by atoms with van der Waals surface area (Å²) in [5.74, 6) is 1.49. The van der Waals surface area contributed by atoms with Crippen LogP contribution in [0.2, 0.25) is 0 Å². The lowest BCUT2D eigenvalue weighted by Crippen LogP contribution is -2.19. The smallest absolute Gasteiger partial charge is 0.163 e. The molecule has 6 heteroatoms. The maximum absolute atomic E-state index is 6.12. The Morgan fingerprint density at radius 2 is 1.95 bits per heavy atom. The molecule has 0 unspecified atom stereocenters. The highest BCUT2D eigenvalue weighted by molar-refractivity contribution is 9.10. The predicted molar refractivity (Wildman–Crippen MR) is 86.0 cm³/mol. The van der Waals surface area contributed by atoms with Crippen molar-refractivity contribution in [3.63, 3.8) is 0 Å². The number of thiophene rings is 1. The lowest BCUT2D eigenvalue weighted by atomic mass is 10.2. The molecule has 0 fully saturated rings. The van der Waals surface area contributed by atoms with E-state index in [4.69, 9.17) is 15.2 Å². The summed E-state index contributed by atoms with van der Waals surface area (Å²) in [6.07, 6.45) is 0. The molecule has 0 aliphatic carbocycles. The van der Waals surface area contributed by atoms with E-state index in [2.05, 4.69) is 32.3 Å². The first-order chi connectivity index (χ1) is 9.63. The molecule has 0 saturated carbocycles. The third kappa shape index (κ3) is 2.71. The number of nitrogens with zero attached hydrogens (tertiary/aromatic N) is 1. The third-order valence-corrected chi connectivity index (χ3v) is 4.80. The monoisotopic (exact) mass is 354 g/mol. The second-order valence-electron chi connectivity index (χ2n) is 4.64. The Hall–Kier alpha value is -1.40. The van der Waals surface area contributed by atoms with E-state index in [1.165, 1.54) is 4.88 Å². The standard InChI is InChI=1S/C14H15BrN2O2S/c1-17(7-10-4-9(15)8-20-10)12-6-14-13(5-11(12)16)18-2-3-19-14/h4-6,8H,2-3,7,16H2,1H3. The third-order valence-electron chi connectivity index (χ3n) is 3.12. The first-order valence-corrected chi connectivity index (χ1v) is 7.94. The molecule has 20 heavy (non-hydrogen) atoms. The molecule has 4 nitrogen and oxygen atoms in total. The Balaban J connectivity index is 1.85. The van der Waals surface area contributed by atoms with E-state index < -0.39 is 0 Å². The molecule has 0 spiro atoms. The summed E-state index contributed by atoms with van der Waals surface area (Å²) in [6.45, 7) is 1.96. The quantitative estimate of drug-likeness (QED) is 0.857. The van der Waals surface area contributed by atoms with Crippen molar-refractivity contribution in [2.24, 2.45) is 0 Å². The first kappa shape index (κ1) is 13.6. The summed E-state index contributed by atoms with van der Waals surface area (Å²) >= 11 is 5.19. The Labute approximate surface area is 130 Å². The Kier molecular flexibility index (Phi) is 3.76. The molecule has 1 aromatic heterocycles. The highest BCUT2D eigenvalue weighted by atomic mass is 79.9. The SMILES string of the molecule is CN(Cc1cc(Br)cs1)c1cc2c(cc1N)OCCO2. The van der Waals surface area contributed by atoms with Crippen molar-refractivity contribution in [3.8, 4) is 11.5 Å². The molecule has 0 atom stereocenters. The second kappa shape index (κ2) is 5.54. The van der Waals surface area contributed by atoms with Gasteiger partial charge in [-0.15, -0.1) is 11.3 Å². The van der Waals surface area contributed by atoms with Gasteiger partial charge in [-0.3, -0.25) is 0 Å². The zero-order chi connectivity index (χ0) is 14.1. The molecule has 3 rings (SSSR count). The van der Waals surface area contributed by atoms with Gasteiger partial charge >= 0.3 is 0 Å². The molecule has 0 radical (unpaired) electrons. The Bertz CT molecular complexity index is 630. The summed E-state index contributed by atoms with van der Waals surface area (Å²) in [4.78, 5) is 3.39. The van der Waals surface area contributed by atoms with Crippen molar-refractivity contribution in [3.05, 3.63) is 32.9 Å². The van der Waals surface area contributed by atoms with E-state index in [1.54, 1.807) is 11.3 Å². The average molecular weight is 355 g/mol. The largest absolute Gasteiger partial charge is 0.486 e.